The fraction of sp³-hybridized carbons (Fsp3) is 0.500. The summed E-state index contributed by atoms with van der Waals surface area (Å²) >= 11 is 5.16. The number of carbonyl (C=O) groups excluding carboxylic acids is 1. The summed E-state index contributed by atoms with van der Waals surface area (Å²) in [6.45, 7) is 4.68. The van der Waals surface area contributed by atoms with Gasteiger partial charge in [0, 0.05) is 12.6 Å². The monoisotopic (exact) mass is 290 g/mol. The van der Waals surface area contributed by atoms with E-state index in [9.17, 15) is 4.79 Å². The second-order valence-corrected chi connectivity index (χ2v) is 6.25. The first-order chi connectivity index (χ1) is 9.47. The minimum absolute atomic E-state index is 0.0927. The van der Waals surface area contributed by atoms with E-state index < -0.39 is 5.41 Å². The van der Waals surface area contributed by atoms with E-state index in [1.165, 1.54) is 0 Å². The lowest BCUT2D eigenvalue weighted by Gasteiger charge is -2.44. The highest BCUT2D eigenvalue weighted by Crippen LogP contribution is 2.43. The van der Waals surface area contributed by atoms with Crippen LogP contribution < -0.4 is 5.73 Å². The fourth-order valence-electron chi connectivity index (χ4n) is 2.64. The third-order valence-corrected chi connectivity index (χ3v) is 4.56. The average Bonchev–Trinajstić information content (AvgIpc) is 2.34. The molecule has 108 valence electrons. The van der Waals surface area contributed by atoms with Gasteiger partial charge in [0.05, 0.1) is 10.4 Å². The maximum atomic E-state index is 12.9. The summed E-state index contributed by atoms with van der Waals surface area (Å²) in [5, 5.41) is 0. The van der Waals surface area contributed by atoms with Crippen LogP contribution in [0.25, 0.3) is 0 Å². The lowest BCUT2D eigenvalue weighted by Crippen LogP contribution is -2.55. The van der Waals surface area contributed by atoms with Gasteiger partial charge in [0.15, 0.2) is 0 Å². The van der Waals surface area contributed by atoms with Gasteiger partial charge in [0.2, 0.25) is 5.91 Å². The van der Waals surface area contributed by atoms with Crippen molar-refractivity contribution in [3.63, 3.8) is 0 Å². The third kappa shape index (κ3) is 2.70. The summed E-state index contributed by atoms with van der Waals surface area (Å²) in [7, 11) is 0. The number of benzene rings is 1. The van der Waals surface area contributed by atoms with E-state index in [1.807, 2.05) is 49.1 Å². The molecule has 1 fully saturated rings. The number of rotatable bonds is 5. The second-order valence-electron chi connectivity index (χ2n) is 5.81. The molecular formula is C16H22N2OS. The Morgan fingerprint density at radius 2 is 1.95 bits per heavy atom. The van der Waals surface area contributed by atoms with E-state index >= 15 is 0 Å². The van der Waals surface area contributed by atoms with Gasteiger partial charge in [0.1, 0.15) is 0 Å². The van der Waals surface area contributed by atoms with Gasteiger partial charge >= 0.3 is 0 Å². The summed E-state index contributed by atoms with van der Waals surface area (Å²) in [5.41, 5.74) is 6.39. The van der Waals surface area contributed by atoms with E-state index in [-0.39, 0.29) is 11.9 Å². The van der Waals surface area contributed by atoms with Crippen LogP contribution in [0.3, 0.4) is 0 Å². The van der Waals surface area contributed by atoms with Crippen molar-refractivity contribution in [1.82, 2.24) is 4.90 Å². The summed E-state index contributed by atoms with van der Waals surface area (Å²) in [6, 6.07) is 10.2. The van der Waals surface area contributed by atoms with Gasteiger partial charge in [-0.25, -0.2) is 0 Å². The lowest BCUT2D eigenvalue weighted by atomic mass is 9.67. The van der Waals surface area contributed by atoms with Gasteiger partial charge in [-0.3, -0.25) is 4.79 Å². The molecule has 1 aromatic carbocycles. The SMILES string of the molecule is CC(C)N(Cc1ccccc1)C(=O)C1(C(N)=S)CCC1. The standard InChI is InChI=1S/C16H22N2OS/c1-12(2)18(11-13-7-4-3-5-8-13)15(19)16(14(17)20)9-6-10-16/h3-5,7-8,12H,6,9-11H2,1-2H3,(H2,17,20). The fourth-order valence-corrected chi connectivity index (χ4v) is 2.93. The van der Waals surface area contributed by atoms with E-state index in [0.717, 1.165) is 24.8 Å². The summed E-state index contributed by atoms with van der Waals surface area (Å²) in [6.07, 6.45) is 2.61. The zero-order chi connectivity index (χ0) is 14.8. The molecule has 1 aliphatic rings. The summed E-state index contributed by atoms with van der Waals surface area (Å²) in [4.78, 5) is 15.1. The predicted octanol–water partition coefficient (Wildman–Crippen LogP) is 2.88. The van der Waals surface area contributed by atoms with Crippen LogP contribution in [0.4, 0.5) is 0 Å². The number of hydrogen-bond donors (Lipinski definition) is 1. The number of hydrogen-bond acceptors (Lipinski definition) is 2. The van der Waals surface area contributed by atoms with Gasteiger partial charge < -0.3 is 10.6 Å². The highest BCUT2D eigenvalue weighted by molar-refractivity contribution is 7.80. The van der Waals surface area contributed by atoms with Gasteiger partial charge in [-0.2, -0.15) is 0 Å². The molecule has 0 unspecified atom stereocenters. The number of amides is 1. The van der Waals surface area contributed by atoms with Crippen molar-refractivity contribution in [2.45, 2.75) is 45.7 Å². The normalized spacial score (nSPS) is 16.6. The van der Waals surface area contributed by atoms with Crippen molar-refractivity contribution in [3.05, 3.63) is 35.9 Å². The number of carbonyl (C=O) groups is 1. The van der Waals surface area contributed by atoms with Gasteiger partial charge in [0.25, 0.3) is 0 Å². The minimum Gasteiger partial charge on any atom is -0.392 e. The zero-order valence-corrected chi connectivity index (χ0v) is 13.0. The van der Waals surface area contributed by atoms with Crippen molar-refractivity contribution in [1.29, 1.82) is 0 Å². The van der Waals surface area contributed by atoms with Crippen LogP contribution in [0.5, 0.6) is 0 Å². The molecular weight excluding hydrogens is 268 g/mol. The molecule has 0 saturated heterocycles. The quantitative estimate of drug-likeness (QED) is 0.848. The molecule has 2 rings (SSSR count). The lowest BCUT2D eigenvalue weighted by molar-refractivity contribution is -0.144. The maximum Gasteiger partial charge on any atom is 0.236 e. The van der Waals surface area contributed by atoms with Crippen LogP contribution in [0, 0.1) is 5.41 Å². The Morgan fingerprint density at radius 1 is 1.35 bits per heavy atom. The highest BCUT2D eigenvalue weighted by Gasteiger charge is 2.49. The highest BCUT2D eigenvalue weighted by atomic mass is 32.1. The molecule has 2 N–H and O–H groups in total. The van der Waals surface area contributed by atoms with Crippen LogP contribution >= 0.6 is 12.2 Å². The molecule has 0 spiro atoms. The average molecular weight is 290 g/mol. The van der Waals surface area contributed by atoms with Crippen LogP contribution in [-0.2, 0) is 11.3 Å². The molecule has 20 heavy (non-hydrogen) atoms. The number of nitrogens with zero attached hydrogens (tertiary/aromatic N) is 1. The third-order valence-electron chi connectivity index (χ3n) is 4.17. The van der Waals surface area contributed by atoms with Crippen molar-refractivity contribution >= 4 is 23.1 Å². The Balaban J connectivity index is 2.21. The van der Waals surface area contributed by atoms with E-state index in [2.05, 4.69) is 0 Å². The molecule has 4 heteroatoms. The Labute approximate surface area is 126 Å². The van der Waals surface area contributed by atoms with Gasteiger partial charge in [-0.15, -0.1) is 0 Å². The zero-order valence-electron chi connectivity index (χ0n) is 12.1. The molecule has 0 atom stereocenters. The van der Waals surface area contributed by atoms with E-state index in [0.29, 0.717) is 11.5 Å². The Bertz CT molecular complexity index is 494. The number of nitrogens with two attached hydrogens (primary N) is 1. The van der Waals surface area contributed by atoms with Crippen LogP contribution in [0.1, 0.15) is 38.7 Å². The molecule has 0 bridgehead atoms. The summed E-state index contributed by atoms with van der Waals surface area (Å²) < 4.78 is 0. The molecule has 0 radical (unpaired) electrons. The van der Waals surface area contributed by atoms with E-state index in [4.69, 9.17) is 18.0 Å². The van der Waals surface area contributed by atoms with Crippen molar-refractivity contribution in [2.24, 2.45) is 11.1 Å². The molecule has 1 aliphatic carbocycles. The van der Waals surface area contributed by atoms with Crippen molar-refractivity contribution in [2.75, 3.05) is 0 Å². The first-order valence-corrected chi connectivity index (χ1v) is 7.53. The van der Waals surface area contributed by atoms with Crippen LogP contribution in [0.2, 0.25) is 0 Å². The molecule has 1 saturated carbocycles. The maximum absolute atomic E-state index is 12.9. The predicted molar refractivity (Wildman–Crippen MR) is 85.2 cm³/mol. The second kappa shape index (κ2) is 5.92. The van der Waals surface area contributed by atoms with Crippen molar-refractivity contribution < 1.29 is 4.79 Å². The molecule has 0 aromatic heterocycles. The molecule has 3 nitrogen and oxygen atoms in total. The molecule has 1 amide bonds. The summed E-state index contributed by atoms with van der Waals surface area (Å²) in [5.74, 6) is 0.0927. The largest absolute Gasteiger partial charge is 0.392 e. The first-order valence-electron chi connectivity index (χ1n) is 7.12. The van der Waals surface area contributed by atoms with E-state index in [1.54, 1.807) is 0 Å². The van der Waals surface area contributed by atoms with Crippen molar-refractivity contribution in [3.8, 4) is 0 Å². The molecule has 0 aliphatic heterocycles. The smallest absolute Gasteiger partial charge is 0.236 e. The molecule has 1 aromatic rings. The van der Waals surface area contributed by atoms with Crippen LogP contribution in [0.15, 0.2) is 30.3 Å². The minimum atomic E-state index is -0.589. The topological polar surface area (TPSA) is 46.3 Å². The number of thiocarbonyl (C=S) groups is 1. The van der Waals surface area contributed by atoms with Gasteiger partial charge in [-0.1, -0.05) is 49.0 Å². The Kier molecular flexibility index (Phi) is 4.43. The Hall–Kier alpha value is -1.42. The molecule has 0 heterocycles. The van der Waals surface area contributed by atoms with Gasteiger partial charge in [-0.05, 0) is 32.3 Å². The first kappa shape index (κ1) is 15.0. The Morgan fingerprint density at radius 3 is 2.35 bits per heavy atom. The van der Waals surface area contributed by atoms with Crippen LogP contribution in [-0.4, -0.2) is 21.8 Å².